The number of anilines is 1. The van der Waals surface area contributed by atoms with Gasteiger partial charge in [-0.05, 0) is 31.0 Å². The van der Waals surface area contributed by atoms with Gasteiger partial charge in [0.2, 0.25) is 0 Å². The summed E-state index contributed by atoms with van der Waals surface area (Å²) < 4.78 is 0. The van der Waals surface area contributed by atoms with Crippen molar-refractivity contribution in [1.82, 2.24) is 9.97 Å². The Hall–Kier alpha value is -1.43. The van der Waals surface area contributed by atoms with Crippen LogP contribution in [0.2, 0.25) is 5.02 Å². The molecule has 2 atom stereocenters. The van der Waals surface area contributed by atoms with Gasteiger partial charge in [-0.15, -0.1) is 0 Å². The molecule has 2 unspecified atom stereocenters. The van der Waals surface area contributed by atoms with Crippen LogP contribution in [0, 0.1) is 5.92 Å². The Bertz CT molecular complexity index is 695. The summed E-state index contributed by atoms with van der Waals surface area (Å²) in [7, 11) is 0. The summed E-state index contributed by atoms with van der Waals surface area (Å²) in [6, 6.07) is 5.67. The minimum atomic E-state index is -0.460. The van der Waals surface area contributed by atoms with E-state index in [0.717, 1.165) is 48.5 Å². The van der Waals surface area contributed by atoms with E-state index in [1.165, 1.54) is 0 Å². The van der Waals surface area contributed by atoms with Crippen molar-refractivity contribution in [3.05, 3.63) is 29.0 Å². The average Bonchev–Trinajstić information content (AvgIpc) is 2.74. The molecular weight excluding hydrogens is 314 g/mol. The monoisotopic (exact) mass is 335 g/mol. The van der Waals surface area contributed by atoms with Crippen molar-refractivity contribution < 1.29 is 10.2 Å². The van der Waals surface area contributed by atoms with Crippen molar-refractivity contribution in [1.29, 1.82) is 0 Å². The van der Waals surface area contributed by atoms with Crippen LogP contribution in [0.1, 0.15) is 25.6 Å². The first-order chi connectivity index (χ1) is 11.1. The molecule has 1 aliphatic heterocycles. The molecule has 1 aromatic carbocycles. The lowest BCUT2D eigenvalue weighted by molar-refractivity contribution is 0.0655. The molecule has 6 heteroatoms. The third-order valence-electron chi connectivity index (χ3n) is 4.54. The molecule has 0 bridgehead atoms. The van der Waals surface area contributed by atoms with E-state index in [0.29, 0.717) is 11.4 Å². The fourth-order valence-electron chi connectivity index (χ4n) is 3.11. The summed E-state index contributed by atoms with van der Waals surface area (Å²) in [5.41, 5.74) is 0.850. The van der Waals surface area contributed by atoms with Gasteiger partial charge in [0, 0.05) is 42.4 Å². The molecule has 2 N–H and O–H groups in total. The van der Waals surface area contributed by atoms with Crippen LogP contribution in [-0.2, 0) is 6.42 Å². The van der Waals surface area contributed by atoms with Crippen LogP contribution >= 0.6 is 11.6 Å². The first-order valence-electron chi connectivity index (χ1n) is 8.12. The lowest BCUT2D eigenvalue weighted by atomic mass is 9.99. The molecule has 0 radical (unpaired) electrons. The molecule has 2 heterocycles. The van der Waals surface area contributed by atoms with Gasteiger partial charge in [-0.2, -0.15) is 0 Å². The molecule has 0 aliphatic carbocycles. The van der Waals surface area contributed by atoms with Crippen LogP contribution in [0.4, 0.5) is 5.82 Å². The summed E-state index contributed by atoms with van der Waals surface area (Å²) in [5.74, 6) is 1.63. The average molecular weight is 336 g/mol. The summed E-state index contributed by atoms with van der Waals surface area (Å²) in [6.45, 7) is 3.54. The lowest BCUT2D eigenvalue weighted by Gasteiger charge is -2.23. The Balaban J connectivity index is 2.01. The summed E-state index contributed by atoms with van der Waals surface area (Å²) >= 11 is 6.10. The second kappa shape index (κ2) is 6.99. The van der Waals surface area contributed by atoms with E-state index < -0.39 is 6.10 Å². The van der Waals surface area contributed by atoms with E-state index in [9.17, 15) is 10.2 Å². The number of aromatic nitrogens is 2. The highest BCUT2D eigenvalue weighted by Gasteiger charge is 2.26. The fraction of sp³-hybridized carbons (Fsp3) is 0.529. The number of hydrogen-bond acceptors (Lipinski definition) is 5. The molecular formula is C17H22ClN3O2. The van der Waals surface area contributed by atoms with Gasteiger partial charge in [0.15, 0.2) is 0 Å². The Kier molecular flexibility index (Phi) is 4.99. The molecule has 0 spiro atoms. The van der Waals surface area contributed by atoms with Crippen LogP contribution in [0.15, 0.2) is 18.2 Å². The Morgan fingerprint density at radius 3 is 2.78 bits per heavy atom. The number of fused-ring (bicyclic) bond motifs is 1. The lowest BCUT2D eigenvalue weighted by Crippen LogP contribution is -2.26. The number of aliphatic hydroxyl groups excluding tert-OH is 2. The van der Waals surface area contributed by atoms with E-state index in [-0.39, 0.29) is 12.5 Å². The minimum Gasteiger partial charge on any atom is -0.396 e. The SMILES string of the molecule is CCc1nc(N2CCC(O)C(CO)CC2)c2ccc(Cl)cc2n1. The molecule has 3 rings (SSSR count). The number of rotatable bonds is 3. The van der Waals surface area contributed by atoms with Crippen molar-refractivity contribution in [2.75, 3.05) is 24.6 Å². The minimum absolute atomic E-state index is 0.0232. The number of hydrogen-bond donors (Lipinski definition) is 2. The highest BCUT2D eigenvalue weighted by Crippen LogP contribution is 2.29. The zero-order chi connectivity index (χ0) is 16.4. The molecule has 1 aliphatic rings. The van der Waals surface area contributed by atoms with Crippen LogP contribution in [0.25, 0.3) is 10.9 Å². The van der Waals surface area contributed by atoms with Gasteiger partial charge in [0.25, 0.3) is 0 Å². The number of aliphatic hydroxyl groups is 2. The first-order valence-corrected chi connectivity index (χ1v) is 8.50. The standard InChI is InChI=1S/C17H22ClN3O2/c1-2-16-19-14-9-12(18)3-4-13(14)17(20-16)21-7-5-11(10-22)15(23)6-8-21/h3-4,9,11,15,22-23H,2,5-8,10H2,1H3. The molecule has 0 saturated carbocycles. The van der Waals surface area contributed by atoms with Crippen LogP contribution < -0.4 is 4.90 Å². The predicted molar refractivity (Wildman–Crippen MR) is 92.0 cm³/mol. The second-order valence-corrected chi connectivity index (χ2v) is 6.49. The Morgan fingerprint density at radius 2 is 2.04 bits per heavy atom. The Labute approximate surface area is 140 Å². The maximum Gasteiger partial charge on any atom is 0.140 e. The van der Waals surface area contributed by atoms with Crippen LogP contribution in [0.3, 0.4) is 0 Å². The van der Waals surface area contributed by atoms with E-state index in [2.05, 4.69) is 9.88 Å². The number of halogens is 1. The number of nitrogens with zero attached hydrogens (tertiary/aromatic N) is 3. The van der Waals surface area contributed by atoms with E-state index in [1.807, 2.05) is 25.1 Å². The molecule has 0 amide bonds. The molecule has 1 fully saturated rings. The normalized spacial score (nSPS) is 22.3. The Morgan fingerprint density at radius 1 is 1.26 bits per heavy atom. The number of benzene rings is 1. The summed E-state index contributed by atoms with van der Waals surface area (Å²) in [6.07, 6.45) is 1.67. The fourth-order valence-corrected chi connectivity index (χ4v) is 3.27. The van der Waals surface area contributed by atoms with Gasteiger partial charge in [-0.1, -0.05) is 18.5 Å². The largest absolute Gasteiger partial charge is 0.396 e. The molecule has 23 heavy (non-hydrogen) atoms. The van der Waals surface area contributed by atoms with Gasteiger partial charge >= 0.3 is 0 Å². The van der Waals surface area contributed by atoms with Crippen molar-refractivity contribution in [2.24, 2.45) is 5.92 Å². The second-order valence-electron chi connectivity index (χ2n) is 6.05. The van der Waals surface area contributed by atoms with E-state index in [4.69, 9.17) is 16.6 Å². The van der Waals surface area contributed by atoms with Crippen LogP contribution in [-0.4, -0.2) is 46.0 Å². The van der Waals surface area contributed by atoms with Gasteiger partial charge in [0.05, 0.1) is 11.6 Å². The summed E-state index contributed by atoms with van der Waals surface area (Å²) in [5, 5.41) is 21.2. The zero-order valence-electron chi connectivity index (χ0n) is 13.2. The highest BCUT2D eigenvalue weighted by atomic mass is 35.5. The van der Waals surface area contributed by atoms with Gasteiger partial charge < -0.3 is 15.1 Å². The van der Waals surface area contributed by atoms with Crippen molar-refractivity contribution in [3.8, 4) is 0 Å². The molecule has 2 aromatic rings. The maximum atomic E-state index is 10.1. The van der Waals surface area contributed by atoms with Gasteiger partial charge in [-0.25, -0.2) is 9.97 Å². The van der Waals surface area contributed by atoms with Crippen molar-refractivity contribution >= 4 is 28.3 Å². The quantitative estimate of drug-likeness (QED) is 0.901. The van der Waals surface area contributed by atoms with Crippen LogP contribution in [0.5, 0.6) is 0 Å². The third-order valence-corrected chi connectivity index (χ3v) is 4.78. The maximum absolute atomic E-state index is 10.1. The van der Waals surface area contributed by atoms with E-state index >= 15 is 0 Å². The molecule has 124 valence electrons. The van der Waals surface area contributed by atoms with Gasteiger partial charge in [0.1, 0.15) is 11.6 Å². The molecule has 1 aromatic heterocycles. The topological polar surface area (TPSA) is 69.5 Å². The zero-order valence-corrected chi connectivity index (χ0v) is 14.0. The smallest absolute Gasteiger partial charge is 0.140 e. The van der Waals surface area contributed by atoms with E-state index in [1.54, 1.807) is 0 Å². The first kappa shape index (κ1) is 16.4. The van der Waals surface area contributed by atoms with Crippen molar-refractivity contribution in [3.63, 3.8) is 0 Å². The third kappa shape index (κ3) is 3.42. The van der Waals surface area contributed by atoms with Crippen molar-refractivity contribution in [2.45, 2.75) is 32.3 Å². The molecule has 1 saturated heterocycles. The van der Waals surface area contributed by atoms with Gasteiger partial charge in [-0.3, -0.25) is 0 Å². The number of aryl methyl sites for hydroxylation is 1. The summed E-state index contributed by atoms with van der Waals surface area (Å²) in [4.78, 5) is 11.5. The molecule has 5 nitrogen and oxygen atoms in total. The highest BCUT2D eigenvalue weighted by molar-refractivity contribution is 6.31. The predicted octanol–water partition coefficient (Wildman–Crippen LogP) is 2.42.